The number of nitrogens with zero attached hydrogens (tertiary/aromatic N) is 1. The molecule has 4 heteroatoms. The number of piperidine rings is 1. The van der Waals surface area contributed by atoms with Crippen LogP contribution < -0.4 is 5.73 Å². The minimum absolute atomic E-state index is 0. The van der Waals surface area contributed by atoms with Crippen molar-refractivity contribution in [2.24, 2.45) is 5.92 Å². The van der Waals surface area contributed by atoms with E-state index in [0.29, 0.717) is 11.6 Å². The number of hydrogen-bond donors (Lipinski definition) is 1. The monoisotopic (exact) mass is 296 g/mol. The van der Waals surface area contributed by atoms with Crippen LogP contribution in [0.15, 0.2) is 18.2 Å². The first kappa shape index (κ1) is 16.8. The van der Waals surface area contributed by atoms with Gasteiger partial charge in [-0.3, -0.25) is 4.79 Å². The Morgan fingerprint density at radius 1 is 1.45 bits per heavy atom. The van der Waals surface area contributed by atoms with Crippen LogP contribution in [0.4, 0.5) is 5.69 Å². The third-order valence-electron chi connectivity index (χ3n) is 4.00. The topological polar surface area (TPSA) is 46.3 Å². The number of hydrogen-bond acceptors (Lipinski definition) is 2. The summed E-state index contributed by atoms with van der Waals surface area (Å²) in [5, 5.41) is 0. The number of benzene rings is 1. The number of aryl methyl sites for hydroxylation is 1. The second kappa shape index (κ2) is 7.53. The Bertz CT molecular complexity index is 460. The lowest BCUT2D eigenvalue weighted by atomic mass is 9.93. The highest BCUT2D eigenvalue weighted by molar-refractivity contribution is 5.96. The minimum Gasteiger partial charge on any atom is -0.399 e. The maximum atomic E-state index is 12.6. The second-order valence-corrected chi connectivity index (χ2v) is 5.62. The molecule has 1 aliphatic heterocycles. The zero-order valence-electron chi connectivity index (χ0n) is 12.4. The van der Waals surface area contributed by atoms with Gasteiger partial charge in [0.15, 0.2) is 0 Å². The van der Waals surface area contributed by atoms with E-state index in [-0.39, 0.29) is 18.3 Å². The van der Waals surface area contributed by atoms with Crippen molar-refractivity contribution >= 4 is 24.0 Å². The van der Waals surface area contributed by atoms with Crippen LogP contribution in [0.3, 0.4) is 0 Å². The van der Waals surface area contributed by atoms with Crippen LogP contribution in [0.5, 0.6) is 0 Å². The number of halogens is 1. The molecule has 1 aromatic carbocycles. The summed E-state index contributed by atoms with van der Waals surface area (Å²) >= 11 is 0. The van der Waals surface area contributed by atoms with Crippen LogP contribution in [0, 0.1) is 12.8 Å². The molecule has 20 heavy (non-hydrogen) atoms. The molecule has 0 spiro atoms. The van der Waals surface area contributed by atoms with Crippen LogP contribution in [0.2, 0.25) is 0 Å². The summed E-state index contributed by atoms with van der Waals surface area (Å²) < 4.78 is 0. The number of carbonyl (C=O) groups excluding carboxylic acids is 1. The zero-order chi connectivity index (χ0) is 13.8. The first-order valence-electron chi connectivity index (χ1n) is 7.27. The average Bonchev–Trinajstić information content (AvgIpc) is 2.41. The van der Waals surface area contributed by atoms with Crippen molar-refractivity contribution in [1.82, 2.24) is 4.90 Å². The Kier molecular flexibility index (Phi) is 6.34. The molecule has 1 aliphatic rings. The SMILES string of the molecule is CCCC1CCCN(C(=O)c2cc(N)ccc2C)C1.Cl. The number of amides is 1. The van der Waals surface area contributed by atoms with Gasteiger partial charge in [0.25, 0.3) is 5.91 Å². The number of likely N-dealkylation sites (tertiary alicyclic amines) is 1. The Balaban J connectivity index is 0.00000200. The number of rotatable bonds is 3. The van der Waals surface area contributed by atoms with Gasteiger partial charge < -0.3 is 10.6 Å². The van der Waals surface area contributed by atoms with E-state index in [1.165, 1.54) is 19.3 Å². The maximum Gasteiger partial charge on any atom is 0.254 e. The quantitative estimate of drug-likeness (QED) is 0.865. The zero-order valence-corrected chi connectivity index (χ0v) is 13.2. The molecular formula is C16H25ClN2O. The molecule has 1 fully saturated rings. The van der Waals surface area contributed by atoms with Crippen molar-refractivity contribution in [2.45, 2.75) is 39.5 Å². The van der Waals surface area contributed by atoms with Crippen LogP contribution in [-0.4, -0.2) is 23.9 Å². The molecule has 1 unspecified atom stereocenters. The standard InChI is InChI=1S/C16H24N2O.ClH/c1-3-5-13-6-4-9-18(11-13)16(19)15-10-14(17)8-7-12(15)2;/h7-8,10,13H,3-6,9,11,17H2,1-2H3;1H. The normalized spacial score (nSPS) is 18.5. The van der Waals surface area contributed by atoms with Gasteiger partial charge >= 0.3 is 0 Å². The van der Waals surface area contributed by atoms with E-state index in [4.69, 9.17) is 5.73 Å². The van der Waals surface area contributed by atoms with Crippen LogP contribution in [-0.2, 0) is 0 Å². The van der Waals surface area contributed by atoms with Gasteiger partial charge in [-0.05, 0) is 49.8 Å². The van der Waals surface area contributed by atoms with Crippen molar-refractivity contribution in [3.63, 3.8) is 0 Å². The highest BCUT2D eigenvalue weighted by Gasteiger charge is 2.24. The molecule has 0 saturated carbocycles. The fraction of sp³-hybridized carbons (Fsp3) is 0.562. The molecule has 1 saturated heterocycles. The third-order valence-corrected chi connectivity index (χ3v) is 4.00. The van der Waals surface area contributed by atoms with Gasteiger partial charge in [0.05, 0.1) is 0 Å². The van der Waals surface area contributed by atoms with Gasteiger partial charge in [-0.2, -0.15) is 0 Å². The Morgan fingerprint density at radius 2 is 2.20 bits per heavy atom. The molecule has 0 bridgehead atoms. The van der Waals surface area contributed by atoms with Gasteiger partial charge in [0.1, 0.15) is 0 Å². The van der Waals surface area contributed by atoms with E-state index in [9.17, 15) is 4.79 Å². The van der Waals surface area contributed by atoms with E-state index in [0.717, 1.165) is 30.6 Å². The molecule has 2 rings (SSSR count). The minimum atomic E-state index is 0. The first-order valence-corrected chi connectivity index (χ1v) is 7.27. The molecule has 1 heterocycles. The van der Waals surface area contributed by atoms with E-state index in [2.05, 4.69) is 6.92 Å². The van der Waals surface area contributed by atoms with E-state index in [1.54, 1.807) is 6.07 Å². The van der Waals surface area contributed by atoms with Crippen molar-refractivity contribution < 1.29 is 4.79 Å². The molecule has 0 aromatic heterocycles. The van der Waals surface area contributed by atoms with Gasteiger partial charge in [-0.25, -0.2) is 0 Å². The molecule has 0 radical (unpaired) electrons. The summed E-state index contributed by atoms with van der Waals surface area (Å²) in [5.74, 6) is 0.815. The lowest BCUT2D eigenvalue weighted by Crippen LogP contribution is -2.40. The summed E-state index contributed by atoms with van der Waals surface area (Å²) in [6.45, 7) is 5.97. The highest BCUT2D eigenvalue weighted by Crippen LogP contribution is 2.23. The van der Waals surface area contributed by atoms with Crippen LogP contribution in [0.25, 0.3) is 0 Å². The lowest BCUT2D eigenvalue weighted by molar-refractivity contribution is 0.0667. The van der Waals surface area contributed by atoms with Crippen LogP contribution in [0.1, 0.15) is 48.5 Å². The van der Waals surface area contributed by atoms with Gasteiger partial charge in [-0.1, -0.05) is 19.4 Å². The molecular weight excluding hydrogens is 272 g/mol. The second-order valence-electron chi connectivity index (χ2n) is 5.62. The van der Waals surface area contributed by atoms with Gasteiger partial charge in [0.2, 0.25) is 0 Å². The highest BCUT2D eigenvalue weighted by atomic mass is 35.5. The molecule has 1 atom stereocenters. The molecule has 0 aliphatic carbocycles. The van der Waals surface area contributed by atoms with E-state index < -0.39 is 0 Å². The summed E-state index contributed by atoms with van der Waals surface area (Å²) in [6.07, 6.45) is 4.80. The van der Waals surface area contributed by atoms with Crippen LogP contribution >= 0.6 is 12.4 Å². The van der Waals surface area contributed by atoms with Crippen molar-refractivity contribution in [3.05, 3.63) is 29.3 Å². The Labute approximate surface area is 127 Å². The summed E-state index contributed by atoms with van der Waals surface area (Å²) in [7, 11) is 0. The predicted octanol–water partition coefficient (Wildman–Crippen LogP) is 3.65. The van der Waals surface area contributed by atoms with Gasteiger partial charge in [0, 0.05) is 24.3 Å². The Hall–Kier alpha value is -1.22. The molecule has 1 aromatic rings. The number of nitrogens with two attached hydrogens (primary N) is 1. The molecule has 2 N–H and O–H groups in total. The largest absolute Gasteiger partial charge is 0.399 e. The van der Waals surface area contributed by atoms with E-state index in [1.807, 2.05) is 24.0 Å². The summed E-state index contributed by atoms with van der Waals surface area (Å²) in [6, 6.07) is 5.58. The summed E-state index contributed by atoms with van der Waals surface area (Å²) in [4.78, 5) is 14.6. The predicted molar refractivity (Wildman–Crippen MR) is 86.4 cm³/mol. The maximum absolute atomic E-state index is 12.6. The smallest absolute Gasteiger partial charge is 0.254 e. The number of carbonyl (C=O) groups is 1. The number of nitrogen functional groups attached to an aromatic ring is 1. The first-order chi connectivity index (χ1) is 9.11. The fourth-order valence-corrected chi connectivity index (χ4v) is 2.93. The van der Waals surface area contributed by atoms with Crippen molar-refractivity contribution in [3.8, 4) is 0 Å². The molecule has 3 nitrogen and oxygen atoms in total. The van der Waals surface area contributed by atoms with Crippen molar-refractivity contribution in [1.29, 1.82) is 0 Å². The average molecular weight is 297 g/mol. The lowest BCUT2D eigenvalue weighted by Gasteiger charge is -2.33. The number of anilines is 1. The fourth-order valence-electron chi connectivity index (χ4n) is 2.93. The molecule has 1 amide bonds. The Morgan fingerprint density at radius 3 is 2.90 bits per heavy atom. The molecule has 112 valence electrons. The third kappa shape index (κ3) is 3.89. The van der Waals surface area contributed by atoms with Crippen molar-refractivity contribution in [2.75, 3.05) is 18.8 Å². The summed E-state index contributed by atoms with van der Waals surface area (Å²) in [5.41, 5.74) is 8.23. The van der Waals surface area contributed by atoms with E-state index >= 15 is 0 Å². The van der Waals surface area contributed by atoms with Gasteiger partial charge in [-0.15, -0.1) is 12.4 Å².